The van der Waals surface area contributed by atoms with Crippen molar-refractivity contribution in [1.82, 2.24) is 9.99 Å². The smallest absolute Gasteiger partial charge is 0.417 e. The van der Waals surface area contributed by atoms with Gasteiger partial charge in [-0.25, -0.2) is 9.99 Å². The molecule has 0 bridgehead atoms. The van der Waals surface area contributed by atoms with Gasteiger partial charge in [0.05, 0.1) is 28.3 Å². The Morgan fingerprint density at radius 1 is 1.28 bits per heavy atom. The van der Waals surface area contributed by atoms with Crippen LogP contribution in [0.15, 0.2) is 69.5 Å². The zero-order valence-electron chi connectivity index (χ0n) is 16.8. The molecule has 3 heterocycles. The molecule has 4 rings (SSSR count). The molecule has 5 nitrogen and oxygen atoms in total. The number of carbonyl (C=O) groups excluding carboxylic acids is 1. The second-order valence-electron chi connectivity index (χ2n) is 7.18. The molecule has 0 saturated heterocycles. The Morgan fingerprint density at radius 3 is 2.66 bits per heavy atom. The molecular formula is C22H17ClF3N3O2S. The lowest BCUT2D eigenvalue weighted by Crippen LogP contribution is -2.28. The lowest BCUT2D eigenvalue weighted by Gasteiger charge is -2.19. The van der Waals surface area contributed by atoms with Gasteiger partial charge >= 0.3 is 6.18 Å². The molecule has 10 heteroatoms. The Kier molecular flexibility index (Phi) is 6.30. The molecular weight excluding hydrogens is 463 g/mol. The largest absolute Gasteiger partial charge is 0.467 e. The monoisotopic (exact) mass is 479 g/mol. The molecule has 0 radical (unpaired) electrons. The van der Waals surface area contributed by atoms with Crippen LogP contribution in [0, 0.1) is 6.92 Å². The first-order chi connectivity index (χ1) is 15.2. The number of hydrogen-bond donors (Lipinski definition) is 0. The van der Waals surface area contributed by atoms with E-state index in [1.807, 2.05) is 31.2 Å². The molecule has 0 saturated carbocycles. The van der Waals surface area contributed by atoms with Crippen LogP contribution in [0.3, 0.4) is 0 Å². The summed E-state index contributed by atoms with van der Waals surface area (Å²) >= 11 is 6.91. The molecule has 0 fully saturated rings. The normalized spacial score (nSPS) is 16.3. The van der Waals surface area contributed by atoms with Gasteiger partial charge in [-0.15, -0.1) is 0 Å². The molecule has 1 aliphatic heterocycles. The number of furan rings is 1. The average molecular weight is 480 g/mol. The summed E-state index contributed by atoms with van der Waals surface area (Å²) < 4.78 is 43.9. The van der Waals surface area contributed by atoms with E-state index >= 15 is 0 Å². The summed E-state index contributed by atoms with van der Waals surface area (Å²) in [5.41, 5.74) is 1.82. The Bertz CT molecular complexity index is 1150. The number of nitrogens with zero attached hydrogens (tertiary/aromatic N) is 3. The van der Waals surface area contributed by atoms with Crippen molar-refractivity contribution in [2.45, 2.75) is 30.6 Å². The fourth-order valence-corrected chi connectivity index (χ4v) is 4.29. The number of hydrazone groups is 1. The number of hydrogen-bond acceptors (Lipinski definition) is 5. The predicted octanol–water partition coefficient (Wildman–Crippen LogP) is 6.13. The first-order valence-corrected chi connectivity index (χ1v) is 10.9. The maximum Gasteiger partial charge on any atom is 0.417 e. The zero-order chi connectivity index (χ0) is 22.9. The van der Waals surface area contributed by atoms with Gasteiger partial charge < -0.3 is 4.42 Å². The first kappa shape index (κ1) is 22.4. The van der Waals surface area contributed by atoms with Crippen molar-refractivity contribution in [3.05, 3.63) is 82.4 Å². The van der Waals surface area contributed by atoms with Gasteiger partial charge in [0.1, 0.15) is 16.8 Å². The maximum absolute atomic E-state index is 13.0. The van der Waals surface area contributed by atoms with E-state index in [9.17, 15) is 18.0 Å². The Morgan fingerprint density at radius 2 is 2.03 bits per heavy atom. The van der Waals surface area contributed by atoms with Crippen LogP contribution in [-0.2, 0) is 11.0 Å². The molecule has 1 aliphatic rings. The number of amides is 1. The van der Waals surface area contributed by atoms with E-state index in [-0.39, 0.29) is 21.7 Å². The highest BCUT2D eigenvalue weighted by Gasteiger charge is 2.35. The van der Waals surface area contributed by atoms with Gasteiger partial charge in [-0.3, -0.25) is 4.79 Å². The predicted molar refractivity (Wildman–Crippen MR) is 116 cm³/mol. The number of halogens is 4. The summed E-state index contributed by atoms with van der Waals surface area (Å²) in [5.74, 6) is 0.163. The molecule has 32 heavy (non-hydrogen) atoms. The summed E-state index contributed by atoms with van der Waals surface area (Å²) in [5, 5.41) is 5.87. The second kappa shape index (κ2) is 8.99. The highest BCUT2D eigenvalue weighted by atomic mass is 35.5. The second-order valence-corrected chi connectivity index (χ2v) is 8.56. The van der Waals surface area contributed by atoms with E-state index < -0.39 is 17.8 Å². The van der Waals surface area contributed by atoms with Gasteiger partial charge in [-0.05, 0) is 30.7 Å². The van der Waals surface area contributed by atoms with E-state index in [1.54, 1.807) is 12.1 Å². The third-order valence-electron chi connectivity index (χ3n) is 4.89. The molecule has 166 valence electrons. The van der Waals surface area contributed by atoms with E-state index in [4.69, 9.17) is 16.0 Å². The molecule has 2 aromatic heterocycles. The fraction of sp³-hybridized carbons (Fsp3) is 0.227. The van der Waals surface area contributed by atoms with Crippen molar-refractivity contribution >= 4 is 35.0 Å². The van der Waals surface area contributed by atoms with Gasteiger partial charge in [-0.2, -0.15) is 18.3 Å². The number of carbonyl (C=O) groups is 1. The van der Waals surface area contributed by atoms with Crippen molar-refractivity contribution in [2.24, 2.45) is 5.10 Å². The Labute approximate surface area is 191 Å². The molecule has 1 aromatic carbocycles. The van der Waals surface area contributed by atoms with Crippen LogP contribution in [-0.4, -0.2) is 27.4 Å². The summed E-state index contributed by atoms with van der Waals surface area (Å²) in [6.07, 6.45) is -1.83. The standard InChI is InChI=1S/C22H17ClF3N3O2S/c1-13-4-6-14(7-5-13)17-10-18(19-3-2-8-31-19)29(28-17)20(30)12-32-21-16(23)9-15(11-27-21)22(24,25)26/h2-9,11,18H,10,12H2,1H3/t18-/m0/s1. The van der Waals surface area contributed by atoms with Gasteiger partial charge in [0.2, 0.25) is 0 Å². The Hall–Kier alpha value is -2.78. The fourth-order valence-electron chi connectivity index (χ4n) is 3.25. The van der Waals surface area contributed by atoms with Gasteiger partial charge in [0.15, 0.2) is 0 Å². The molecule has 0 aliphatic carbocycles. The maximum atomic E-state index is 13.0. The van der Waals surface area contributed by atoms with Gasteiger partial charge in [-0.1, -0.05) is 53.2 Å². The van der Waals surface area contributed by atoms with Crippen LogP contribution < -0.4 is 0 Å². The van der Waals surface area contributed by atoms with Crippen LogP contribution in [0.2, 0.25) is 5.02 Å². The van der Waals surface area contributed by atoms with Crippen molar-refractivity contribution in [2.75, 3.05) is 5.75 Å². The number of aromatic nitrogens is 1. The third kappa shape index (κ3) is 4.83. The average Bonchev–Trinajstić information content (AvgIpc) is 3.42. The summed E-state index contributed by atoms with van der Waals surface area (Å²) in [7, 11) is 0. The van der Waals surface area contributed by atoms with Crippen LogP contribution in [0.4, 0.5) is 13.2 Å². The van der Waals surface area contributed by atoms with Crippen molar-refractivity contribution < 1.29 is 22.4 Å². The lowest BCUT2D eigenvalue weighted by atomic mass is 10.0. The Balaban J connectivity index is 1.53. The summed E-state index contributed by atoms with van der Waals surface area (Å²) in [6, 6.07) is 11.7. The minimum Gasteiger partial charge on any atom is -0.467 e. The third-order valence-corrected chi connectivity index (χ3v) is 6.28. The molecule has 0 spiro atoms. The van der Waals surface area contributed by atoms with E-state index in [1.165, 1.54) is 11.3 Å². The van der Waals surface area contributed by atoms with Crippen molar-refractivity contribution in [3.8, 4) is 0 Å². The van der Waals surface area contributed by atoms with Crippen LogP contribution >= 0.6 is 23.4 Å². The van der Waals surface area contributed by atoms with Crippen molar-refractivity contribution in [1.29, 1.82) is 0 Å². The van der Waals surface area contributed by atoms with E-state index in [2.05, 4.69) is 10.1 Å². The van der Waals surface area contributed by atoms with E-state index in [0.717, 1.165) is 34.7 Å². The number of pyridine rings is 1. The minimum atomic E-state index is -4.54. The topological polar surface area (TPSA) is 58.7 Å². The van der Waals surface area contributed by atoms with Crippen LogP contribution in [0.1, 0.15) is 34.9 Å². The van der Waals surface area contributed by atoms with Gasteiger partial charge in [0, 0.05) is 12.6 Å². The van der Waals surface area contributed by atoms with Crippen LogP contribution in [0.25, 0.3) is 0 Å². The van der Waals surface area contributed by atoms with Crippen molar-refractivity contribution in [3.63, 3.8) is 0 Å². The van der Waals surface area contributed by atoms with Crippen LogP contribution in [0.5, 0.6) is 0 Å². The zero-order valence-corrected chi connectivity index (χ0v) is 18.3. The first-order valence-electron chi connectivity index (χ1n) is 9.58. The molecule has 3 aromatic rings. The molecule has 0 N–H and O–H groups in total. The molecule has 1 atom stereocenters. The number of aryl methyl sites for hydroxylation is 1. The number of alkyl halides is 3. The summed E-state index contributed by atoms with van der Waals surface area (Å²) in [4.78, 5) is 16.8. The minimum absolute atomic E-state index is 0.0973. The summed E-state index contributed by atoms with van der Waals surface area (Å²) in [6.45, 7) is 1.99. The van der Waals surface area contributed by atoms with E-state index in [0.29, 0.717) is 18.4 Å². The quantitative estimate of drug-likeness (QED) is 0.413. The highest BCUT2D eigenvalue weighted by Crippen LogP contribution is 2.36. The van der Waals surface area contributed by atoms with Gasteiger partial charge in [0.25, 0.3) is 5.91 Å². The number of thioether (sulfide) groups is 1. The molecule has 0 unspecified atom stereocenters. The molecule has 1 amide bonds. The number of rotatable bonds is 5. The lowest BCUT2D eigenvalue weighted by molar-refractivity contribution is -0.138. The number of benzene rings is 1. The SMILES string of the molecule is Cc1ccc(C2=NN(C(=O)CSc3ncc(C(F)(F)F)cc3Cl)[C@H](c3ccco3)C2)cc1. The highest BCUT2D eigenvalue weighted by molar-refractivity contribution is 8.00.